The Morgan fingerprint density at radius 1 is 1.64 bits per heavy atom. The minimum absolute atomic E-state index is 0.144. The second kappa shape index (κ2) is 5.31. The summed E-state index contributed by atoms with van der Waals surface area (Å²) in [6.07, 6.45) is 0.285. The zero-order valence-electron chi connectivity index (χ0n) is 8.19. The zero-order chi connectivity index (χ0) is 11.2. The summed E-state index contributed by atoms with van der Waals surface area (Å²) in [5, 5.41) is 10.3. The van der Waals surface area contributed by atoms with E-state index < -0.39 is 22.9 Å². The average Bonchev–Trinajstić information content (AvgIpc) is 2.03. The number of hydrogen-bond donors (Lipinski definition) is 0. The molecule has 0 radical (unpaired) electrons. The Bertz CT molecular complexity index is 240. The number of carbonyl (C=O) groups excluding carboxylic acids is 2. The highest BCUT2D eigenvalue weighted by Crippen LogP contribution is 2.22. The molecule has 1 atom stereocenters. The summed E-state index contributed by atoms with van der Waals surface area (Å²) in [4.78, 5) is 31.2. The van der Waals surface area contributed by atoms with Gasteiger partial charge in [-0.1, -0.05) is 0 Å². The van der Waals surface area contributed by atoms with Crippen LogP contribution in [0.5, 0.6) is 0 Å². The van der Waals surface area contributed by atoms with E-state index in [0.29, 0.717) is 6.29 Å². The first-order valence-corrected chi connectivity index (χ1v) is 4.19. The molecule has 0 bridgehead atoms. The molecule has 0 aromatic rings. The summed E-state index contributed by atoms with van der Waals surface area (Å²) >= 11 is 0. The van der Waals surface area contributed by atoms with Crippen molar-refractivity contribution >= 4 is 12.3 Å². The van der Waals surface area contributed by atoms with E-state index >= 15 is 0 Å². The van der Waals surface area contributed by atoms with Gasteiger partial charge in [0.1, 0.15) is 11.7 Å². The van der Waals surface area contributed by atoms with Crippen molar-refractivity contribution in [3.05, 3.63) is 10.1 Å². The van der Waals surface area contributed by atoms with Gasteiger partial charge in [-0.05, 0) is 13.8 Å². The number of hydrogen-bond acceptors (Lipinski definition) is 5. The Morgan fingerprint density at radius 3 is 2.57 bits per heavy atom. The van der Waals surface area contributed by atoms with Crippen molar-refractivity contribution < 1.29 is 19.2 Å². The highest BCUT2D eigenvalue weighted by atomic mass is 16.6. The summed E-state index contributed by atoms with van der Waals surface area (Å²) in [5.41, 5.74) is -1.35. The third-order valence-corrected chi connectivity index (χ3v) is 1.78. The van der Waals surface area contributed by atoms with E-state index in [4.69, 9.17) is 0 Å². The molecule has 0 aliphatic rings. The molecule has 0 aliphatic carbocycles. The molecule has 0 aromatic heterocycles. The van der Waals surface area contributed by atoms with Crippen LogP contribution in [-0.2, 0) is 14.3 Å². The van der Waals surface area contributed by atoms with Crippen LogP contribution < -0.4 is 0 Å². The van der Waals surface area contributed by atoms with E-state index in [1.165, 1.54) is 6.92 Å². The molecule has 0 spiro atoms. The minimum Gasteiger partial charge on any atom is -0.465 e. The number of carbonyl (C=O) groups is 2. The number of rotatable bonds is 6. The Hall–Kier alpha value is -1.46. The normalized spacial score (nSPS) is 14.1. The molecular formula is C8H13NO5. The Labute approximate surface area is 81.4 Å². The fourth-order valence-corrected chi connectivity index (χ4v) is 0.987. The van der Waals surface area contributed by atoms with E-state index in [1.54, 1.807) is 6.92 Å². The van der Waals surface area contributed by atoms with Crippen LogP contribution >= 0.6 is 0 Å². The molecule has 0 aromatic carbocycles. The quantitative estimate of drug-likeness (QED) is 0.270. The lowest BCUT2D eigenvalue weighted by molar-refractivity contribution is -0.493. The third kappa shape index (κ3) is 3.51. The van der Waals surface area contributed by atoms with Gasteiger partial charge in [-0.15, -0.1) is 0 Å². The Kier molecular flexibility index (Phi) is 4.76. The summed E-state index contributed by atoms with van der Waals surface area (Å²) < 4.78 is 4.66. The van der Waals surface area contributed by atoms with Gasteiger partial charge in [-0.25, -0.2) is 0 Å². The molecule has 0 fully saturated rings. The van der Waals surface area contributed by atoms with E-state index in [1.807, 2.05) is 0 Å². The van der Waals surface area contributed by atoms with Gasteiger partial charge in [0, 0.05) is 11.3 Å². The maximum atomic E-state index is 11.3. The molecule has 0 N–H and O–H groups in total. The predicted octanol–water partition coefficient (Wildman–Crippen LogP) is 0.422. The van der Waals surface area contributed by atoms with Crippen LogP contribution in [-0.4, -0.2) is 30.3 Å². The first-order chi connectivity index (χ1) is 6.46. The number of ether oxygens (including phenoxy) is 1. The molecule has 0 unspecified atom stereocenters. The van der Waals surface area contributed by atoms with Gasteiger partial charge in [0.2, 0.25) is 6.54 Å². The summed E-state index contributed by atoms with van der Waals surface area (Å²) in [7, 11) is 0. The van der Waals surface area contributed by atoms with Gasteiger partial charge < -0.3 is 9.53 Å². The third-order valence-electron chi connectivity index (χ3n) is 1.78. The summed E-state index contributed by atoms with van der Waals surface area (Å²) in [5.74, 6) is -0.705. The van der Waals surface area contributed by atoms with Crippen LogP contribution in [0.15, 0.2) is 0 Å². The second-order valence-electron chi connectivity index (χ2n) is 3.14. The number of esters is 1. The number of nitro groups is 1. The van der Waals surface area contributed by atoms with Gasteiger partial charge in [0.05, 0.1) is 6.61 Å². The van der Waals surface area contributed by atoms with Crippen LogP contribution in [0.1, 0.15) is 20.3 Å². The molecular weight excluding hydrogens is 190 g/mol. The van der Waals surface area contributed by atoms with Crippen LogP contribution in [0.3, 0.4) is 0 Å². The fraction of sp³-hybridized carbons (Fsp3) is 0.750. The topological polar surface area (TPSA) is 86.5 Å². The standard InChI is InChI=1S/C8H13NO5/c1-3-14-7(11)8(2,4-5-10)6-9(12)13/h5H,3-4,6H2,1-2H3/t8-/m1/s1. The Morgan fingerprint density at radius 2 is 2.21 bits per heavy atom. The fourth-order valence-electron chi connectivity index (χ4n) is 0.987. The molecule has 6 nitrogen and oxygen atoms in total. The van der Waals surface area contributed by atoms with Crippen molar-refractivity contribution in [1.29, 1.82) is 0 Å². The zero-order valence-corrected chi connectivity index (χ0v) is 8.19. The molecule has 0 aliphatic heterocycles. The molecule has 0 saturated carbocycles. The van der Waals surface area contributed by atoms with Gasteiger partial charge in [0.15, 0.2) is 0 Å². The number of nitrogens with zero attached hydrogens (tertiary/aromatic N) is 1. The van der Waals surface area contributed by atoms with Crippen LogP contribution in [0.25, 0.3) is 0 Å². The lowest BCUT2D eigenvalue weighted by Crippen LogP contribution is -2.37. The smallest absolute Gasteiger partial charge is 0.318 e. The van der Waals surface area contributed by atoms with Gasteiger partial charge in [0.25, 0.3) is 0 Å². The molecule has 0 saturated heterocycles. The molecule has 14 heavy (non-hydrogen) atoms. The maximum absolute atomic E-state index is 11.3. The van der Waals surface area contributed by atoms with Gasteiger partial charge in [-0.3, -0.25) is 14.9 Å². The highest BCUT2D eigenvalue weighted by molar-refractivity contribution is 5.79. The highest BCUT2D eigenvalue weighted by Gasteiger charge is 2.39. The lowest BCUT2D eigenvalue weighted by Gasteiger charge is -2.19. The summed E-state index contributed by atoms with van der Waals surface area (Å²) in [6.45, 7) is 2.50. The summed E-state index contributed by atoms with van der Waals surface area (Å²) in [6, 6.07) is 0. The predicted molar refractivity (Wildman–Crippen MR) is 47.3 cm³/mol. The lowest BCUT2D eigenvalue weighted by atomic mass is 9.87. The van der Waals surface area contributed by atoms with Crippen molar-refractivity contribution in [2.24, 2.45) is 5.41 Å². The first-order valence-electron chi connectivity index (χ1n) is 4.19. The van der Waals surface area contributed by atoms with E-state index in [-0.39, 0.29) is 13.0 Å². The minimum atomic E-state index is -1.35. The van der Waals surface area contributed by atoms with Crippen molar-refractivity contribution in [2.45, 2.75) is 20.3 Å². The van der Waals surface area contributed by atoms with E-state index in [9.17, 15) is 19.7 Å². The Balaban J connectivity index is 4.59. The largest absolute Gasteiger partial charge is 0.465 e. The molecule has 0 rings (SSSR count). The SMILES string of the molecule is CCOC(=O)[C@](C)(CC=O)C[N+](=O)[O-]. The second-order valence-corrected chi connectivity index (χ2v) is 3.14. The molecule has 0 amide bonds. The molecule has 6 heteroatoms. The van der Waals surface area contributed by atoms with Crippen LogP contribution in [0, 0.1) is 15.5 Å². The van der Waals surface area contributed by atoms with Crippen molar-refractivity contribution in [3.8, 4) is 0 Å². The maximum Gasteiger partial charge on any atom is 0.318 e. The van der Waals surface area contributed by atoms with Gasteiger partial charge in [-0.2, -0.15) is 0 Å². The van der Waals surface area contributed by atoms with Gasteiger partial charge >= 0.3 is 5.97 Å². The van der Waals surface area contributed by atoms with Crippen LogP contribution in [0.4, 0.5) is 0 Å². The number of aldehydes is 1. The van der Waals surface area contributed by atoms with E-state index in [2.05, 4.69) is 4.74 Å². The average molecular weight is 203 g/mol. The van der Waals surface area contributed by atoms with Crippen LogP contribution in [0.2, 0.25) is 0 Å². The molecule has 0 heterocycles. The van der Waals surface area contributed by atoms with Crippen molar-refractivity contribution in [1.82, 2.24) is 0 Å². The first kappa shape index (κ1) is 12.5. The van der Waals surface area contributed by atoms with Crippen molar-refractivity contribution in [2.75, 3.05) is 13.2 Å². The van der Waals surface area contributed by atoms with Crippen molar-refractivity contribution in [3.63, 3.8) is 0 Å². The monoisotopic (exact) mass is 203 g/mol. The molecule has 80 valence electrons. The van der Waals surface area contributed by atoms with E-state index in [0.717, 1.165) is 0 Å².